The van der Waals surface area contributed by atoms with E-state index in [4.69, 9.17) is 0 Å². The van der Waals surface area contributed by atoms with Gasteiger partial charge in [-0.05, 0) is 26.0 Å². The van der Waals surface area contributed by atoms with Gasteiger partial charge < -0.3 is 0 Å². The molecule has 0 saturated heterocycles. The lowest BCUT2D eigenvalue weighted by Crippen LogP contribution is -2.07. The zero-order chi connectivity index (χ0) is 9.84. The number of hydrogen-bond donors (Lipinski definition) is 0. The number of ketones is 1. The average molecular weight is 178 g/mol. The van der Waals surface area contributed by atoms with E-state index in [0.717, 1.165) is 17.9 Å². The van der Waals surface area contributed by atoms with Gasteiger partial charge in [0, 0.05) is 12.2 Å². The van der Waals surface area contributed by atoms with Crippen molar-refractivity contribution in [2.24, 2.45) is 0 Å². The van der Waals surface area contributed by atoms with Gasteiger partial charge in [-0.25, -0.2) is 0 Å². The summed E-state index contributed by atoms with van der Waals surface area (Å²) >= 11 is 0. The highest BCUT2D eigenvalue weighted by atomic mass is 16.1. The number of nitrogens with zero attached hydrogens (tertiary/aromatic N) is 2. The Morgan fingerprint density at radius 3 is 3.00 bits per heavy atom. The number of aromatic nitrogens is 2. The molecule has 0 aliphatic heterocycles. The van der Waals surface area contributed by atoms with Gasteiger partial charge in [-0.1, -0.05) is 6.58 Å². The number of carbonyl (C=O) groups excluding carboxylic acids is 1. The van der Waals surface area contributed by atoms with Crippen molar-refractivity contribution in [2.45, 2.75) is 26.8 Å². The Kier molecular flexibility index (Phi) is 3.01. The second-order valence-electron chi connectivity index (χ2n) is 2.94. The molecule has 0 aromatic carbocycles. The van der Waals surface area contributed by atoms with Crippen LogP contribution in [0.5, 0.6) is 0 Å². The predicted octanol–water partition coefficient (Wildman–Crippen LogP) is 1.51. The number of allylic oxidation sites excluding steroid dienone is 1. The lowest BCUT2D eigenvalue weighted by Gasteiger charge is -2.00. The van der Waals surface area contributed by atoms with Crippen molar-refractivity contribution in [3.63, 3.8) is 0 Å². The lowest BCUT2D eigenvalue weighted by molar-refractivity contribution is -0.114. The smallest absolute Gasteiger partial charge is 0.161 e. The Bertz CT molecular complexity index is 326. The molecule has 0 spiro atoms. The number of rotatable bonds is 4. The summed E-state index contributed by atoms with van der Waals surface area (Å²) in [5, 5.41) is 4.25. The highest BCUT2D eigenvalue weighted by Gasteiger charge is 2.06. The minimum atomic E-state index is 0.0367. The SMILES string of the molecule is C=CC(=O)Cc1cc(C)nn1CC. The molecule has 1 aromatic heterocycles. The molecule has 0 N–H and O–H groups in total. The van der Waals surface area contributed by atoms with Crippen molar-refractivity contribution in [2.75, 3.05) is 0 Å². The molecule has 0 aliphatic rings. The molecule has 70 valence electrons. The van der Waals surface area contributed by atoms with Crippen LogP contribution in [0, 0.1) is 6.92 Å². The fourth-order valence-electron chi connectivity index (χ4n) is 1.27. The summed E-state index contributed by atoms with van der Waals surface area (Å²) in [5.74, 6) is 0.0367. The molecular weight excluding hydrogens is 164 g/mol. The minimum absolute atomic E-state index is 0.0367. The minimum Gasteiger partial charge on any atom is -0.294 e. The van der Waals surface area contributed by atoms with Gasteiger partial charge in [-0.2, -0.15) is 5.10 Å². The van der Waals surface area contributed by atoms with Crippen LogP contribution in [0.3, 0.4) is 0 Å². The summed E-state index contributed by atoms with van der Waals surface area (Å²) in [5.41, 5.74) is 1.92. The number of hydrogen-bond acceptors (Lipinski definition) is 2. The molecular formula is C10H14N2O. The third-order valence-corrected chi connectivity index (χ3v) is 1.87. The molecule has 3 heteroatoms. The molecule has 0 unspecified atom stereocenters. The van der Waals surface area contributed by atoms with Gasteiger partial charge >= 0.3 is 0 Å². The van der Waals surface area contributed by atoms with E-state index in [1.54, 1.807) is 0 Å². The molecule has 0 saturated carbocycles. The van der Waals surface area contributed by atoms with Crippen LogP contribution < -0.4 is 0 Å². The first-order valence-electron chi connectivity index (χ1n) is 4.36. The number of aryl methyl sites for hydroxylation is 2. The molecule has 13 heavy (non-hydrogen) atoms. The Hall–Kier alpha value is -1.38. The largest absolute Gasteiger partial charge is 0.294 e. The van der Waals surface area contributed by atoms with Gasteiger partial charge in [-0.15, -0.1) is 0 Å². The Balaban J connectivity index is 2.86. The summed E-state index contributed by atoms with van der Waals surface area (Å²) in [6.07, 6.45) is 1.75. The monoisotopic (exact) mass is 178 g/mol. The number of carbonyl (C=O) groups is 1. The van der Waals surface area contributed by atoms with E-state index in [9.17, 15) is 4.79 Å². The van der Waals surface area contributed by atoms with Crippen LogP contribution in [0.1, 0.15) is 18.3 Å². The summed E-state index contributed by atoms with van der Waals surface area (Å²) < 4.78 is 1.84. The summed E-state index contributed by atoms with van der Waals surface area (Å²) in [4.78, 5) is 11.1. The second-order valence-corrected chi connectivity index (χ2v) is 2.94. The Morgan fingerprint density at radius 1 is 1.77 bits per heavy atom. The Labute approximate surface area is 78.1 Å². The van der Waals surface area contributed by atoms with Crippen molar-refractivity contribution in [3.8, 4) is 0 Å². The molecule has 0 atom stereocenters. The Morgan fingerprint density at radius 2 is 2.46 bits per heavy atom. The van der Waals surface area contributed by atoms with Gasteiger partial charge in [0.05, 0.1) is 12.1 Å². The third kappa shape index (κ3) is 2.28. The van der Waals surface area contributed by atoms with Crippen LogP contribution in [0.25, 0.3) is 0 Å². The molecule has 0 bridgehead atoms. The predicted molar refractivity (Wildman–Crippen MR) is 51.5 cm³/mol. The molecule has 3 nitrogen and oxygen atoms in total. The molecule has 1 rings (SSSR count). The van der Waals surface area contributed by atoms with E-state index in [1.165, 1.54) is 6.08 Å². The van der Waals surface area contributed by atoms with Crippen molar-refractivity contribution < 1.29 is 4.79 Å². The van der Waals surface area contributed by atoms with Crippen molar-refractivity contribution in [3.05, 3.63) is 30.1 Å². The quantitative estimate of drug-likeness (QED) is 0.655. The van der Waals surface area contributed by atoms with Gasteiger partial charge in [0.15, 0.2) is 5.78 Å². The lowest BCUT2D eigenvalue weighted by atomic mass is 10.2. The van der Waals surface area contributed by atoms with Crippen LogP contribution in [-0.2, 0) is 17.8 Å². The van der Waals surface area contributed by atoms with E-state index in [2.05, 4.69) is 11.7 Å². The summed E-state index contributed by atoms with van der Waals surface area (Å²) in [6, 6.07) is 1.94. The highest BCUT2D eigenvalue weighted by molar-refractivity contribution is 5.90. The van der Waals surface area contributed by atoms with Crippen molar-refractivity contribution >= 4 is 5.78 Å². The average Bonchev–Trinajstić information content (AvgIpc) is 2.46. The van der Waals surface area contributed by atoms with Crippen molar-refractivity contribution in [1.29, 1.82) is 0 Å². The van der Waals surface area contributed by atoms with E-state index in [-0.39, 0.29) is 5.78 Å². The van der Waals surface area contributed by atoms with E-state index >= 15 is 0 Å². The van der Waals surface area contributed by atoms with Crippen LogP contribution in [0.2, 0.25) is 0 Å². The zero-order valence-electron chi connectivity index (χ0n) is 8.08. The van der Waals surface area contributed by atoms with Crippen molar-refractivity contribution in [1.82, 2.24) is 9.78 Å². The van der Waals surface area contributed by atoms with Crippen LogP contribution in [-0.4, -0.2) is 15.6 Å². The fourth-order valence-corrected chi connectivity index (χ4v) is 1.27. The zero-order valence-corrected chi connectivity index (χ0v) is 8.08. The first-order chi connectivity index (χ1) is 6.17. The first-order valence-corrected chi connectivity index (χ1v) is 4.36. The highest BCUT2D eigenvalue weighted by Crippen LogP contribution is 2.05. The fraction of sp³-hybridized carbons (Fsp3) is 0.400. The normalized spacial score (nSPS) is 10.0. The first kappa shape index (κ1) is 9.71. The topological polar surface area (TPSA) is 34.9 Å². The molecule has 1 heterocycles. The van der Waals surface area contributed by atoms with Gasteiger partial charge in [0.2, 0.25) is 0 Å². The molecule has 0 amide bonds. The molecule has 0 radical (unpaired) electrons. The maximum atomic E-state index is 11.1. The second kappa shape index (κ2) is 4.03. The van der Waals surface area contributed by atoms with Crippen LogP contribution >= 0.6 is 0 Å². The molecule has 0 fully saturated rings. The maximum Gasteiger partial charge on any atom is 0.161 e. The van der Waals surface area contributed by atoms with Crippen LogP contribution in [0.4, 0.5) is 0 Å². The van der Waals surface area contributed by atoms with E-state index in [1.807, 2.05) is 24.6 Å². The van der Waals surface area contributed by atoms with Gasteiger partial charge in [-0.3, -0.25) is 9.48 Å². The van der Waals surface area contributed by atoms with E-state index in [0.29, 0.717) is 6.42 Å². The summed E-state index contributed by atoms with van der Waals surface area (Å²) in [7, 11) is 0. The van der Waals surface area contributed by atoms with Crippen LogP contribution in [0.15, 0.2) is 18.7 Å². The maximum absolute atomic E-state index is 11.1. The molecule has 1 aromatic rings. The van der Waals surface area contributed by atoms with Gasteiger partial charge in [0.1, 0.15) is 0 Å². The standard InChI is InChI=1S/C10H14N2O/c1-4-10(13)7-9-6-8(3)11-12(9)5-2/h4,6H,1,5,7H2,2-3H3. The third-order valence-electron chi connectivity index (χ3n) is 1.87. The van der Waals surface area contributed by atoms with E-state index < -0.39 is 0 Å². The van der Waals surface area contributed by atoms with Gasteiger partial charge in [0.25, 0.3) is 0 Å². The molecule has 0 aliphatic carbocycles. The summed E-state index contributed by atoms with van der Waals surface area (Å²) in [6.45, 7) is 8.17.